The van der Waals surface area contributed by atoms with Crippen LogP contribution < -0.4 is 5.14 Å². The Labute approximate surface area is 145 Å². The number of esters is 2. The van der Waals surface area contributed by atoms with Gasteiger partial charge in [-0.25, -0.2) is 23.1 Å². The first kappa shape index (κ1) is 18.2. The topological polar surface area (TPSA) is 126 Å². The highest BCUT2D eigenvalue weighted by atomic mass is 79.9. The van der Waals surface area contributed by atoms with Crippen LogP contribution in [0.1, 0.15) is 26.7 Å². The van der Waals surface area contributed by atoms with E-state index in [1.165, 1.54) is 31.4 Å². The molecule has 128 valence electrons. The Morgan fingerprint density at radius 1 is 1.21 bits per heavy atom. The fourth-order valence-electron chi connectivity index (χ4n) is 1.72. The second kappa shape index (κ2) is 7.16. The predicted octanol–water partition coefficient (Wildman–Crippen LogP) is 1.83. The molecule has 24 heavy (non-hydrogen) atoms. The van der Waals surface area contributed by atoms with Crippen LogP contribution in [0.25, 0.3) is 0 Å². The molecule has 1 heterocycles. The summed E-state index contributed by atoms with van der Waals surface area (Å²) in [5.74, 6) is -1.25. The van der Waals surface area contributed by atoms with E-state index in [2.05, 4.69) is 20.7 Å². The zero-order valence-electron chi connectivity index (χ0n) is 12.3. The summed E-state index contributed by atoms with van der Waals surface area (Å²) in [6.45, 7) is -0.248. The van der Waals surface area contributed by atoms with Crippen molar-refractivity contribution >= 4 is 37.9 Å². The molecular formula is C14H12BrNO7S. The highest BCUT2D eigenvalue weighted by Gasteiger charge is 2.18. The number of benzene rings is 1. The Morgan fingerprint density at radius 3 is 2.54 bits per heavy atom. The van der Waals surface area contributed by atoms with E-state index in [1.54, 1.807) is 0 Å². The summed E-state index contributed by atoms with van der Waals surface area (Å²) in [5.41, 5.74) is -0.0127. The van der Waals surface area contributed by atoms with E-state index < -0.39 is 22.0 Å². The summed E-state index contributed by atoms with van der Waals surface area (Å²) in [7, 11) is -2.74. The van der Waals surface area contributed by atoms with Crippen LogP contribution in [0.4, 0.5) is 0 Å². The van der Waals surface area contributed by atoms with Gasteiger partial charge in [-0.3, -0.25) is 0 Å². The molecule has 2 N–H and O–H groups in total. The number of carbonyl (C=O) groups is 2. The highest BCUT2D eigenvalue weighted by molar-refractivity contribution is 9.10. The van der Waals surface area contributed by atoms with Crippen molar-refractivity contribution in [1.29, 1.82) is 0 Å². The third kappa shape index (κ3) is 4.22. The molecule has 0 saturated heterocycles. The van der Waals surface area contributed by atoms with Crippen molar-refractivity contribution in [2.75, 3.05) is 7.11 Å². The molecule has 0 fully saturated rings. The van der Waals surface area contributed by atoms with Gasteiger partial charge in [-0.15, -0.1) is 0 Å². The summed E-state index contributed by atoms with van der Waals surface area (Å²) in [4.78, 5) is 23.1. The van der Waals surface area contributed by atoms with E-state index in [4.69, 9.17) is 14.3 Å². The summed E-state index contributed by atoms with van der Waals surface area (Å²) >= 11 is 3.14. The maximum absolute atomic E-state index is 12.1. The van der Waals surface area contributed by atoms with Gasteiger partial charge >= 0.3 is 11.9 Å². The third-order valence-electron chi connectivity index (χ3n) is 2.88. The fourth-order valence-corrected chi connectivity index (χ4v) is 2.67. The Balaban J connectivity index is 2.13. The first-order chi connectivity index (χ1) is 11.2. The van der Waals surface area contributed by atoms with Gasteiger partial charge in [0, 0.05) is 4.47 Å². The van der Waals surface area contributed by atoms with Crippen molar-refractivity contribution in [3.8, 4) is 0 Å². The molecule has 0 unspecified atom stereocenters. The highest BCUT2D eigenvalue weighted by Crippen LogP contribution is 2.22. The molecule has 10 heteroatoms. The van der Waals surface area contributed by atoms with Crippen molar-refractivity contribution < 1.29 is 31.9 Å². The van der Waals surface area contributed by atoms with Crippen molar-refractivity contribution in [3.63, 3.8) is 0 Å². The molecular weight excluding hydrogens is 406 g/mol. The molecule has 1 aromatic carbocycles. The van der Waals surface area contributed by atoms with Gasteiger partial charge in [-0.2, -0.15) is 0 Å². The third-order valence-corrected chi connectivity index (χ3v) is 4.48. The van der Waals surface area contributed by atoms with Crippen molar-refractivity contribution in [1.82, 2.24) is 0 Å². The molecule has 1 aromatic heterocycles. The minimum Gasteiger partial charge on any atom is -0.463 e. The number of furan rings is 1. The molecule has 0 atom stereocenters. The molecule has 0 amide bonds. The number of nitrogens with two attached hydrogens (primary N) is 1. The molecule has 0 aliphatic rings. The van der Waals surface area contributed by atoms with E-state index in [0.29, 0.717) is 4.47 Å². The number of hydrogen-bond donors (Lipinski definition) is 1. The first-order valence-electron chi connectivity index (χ1n) is 6.39. The first-order valence-corrected chi connectivity index (χ1v) is 8.73. The van der Waals surface area contributed by atoms with Gasteiger partial charge in [0.15, 0.2) is 0 Å². The average Bonchev–Trinajstić information content (AvgIpc) is 3.00. The van der Waals surface area contributed by atoms with Crippen molar-refractivity contribution in [3.05, 3.63) is 51.9 Å². The zero-order chi connectivity index (χ0) is 17.9. The molecule has 0 radical (unpaired) electrons. The Kier molecular flexibility index (Phi) is 5.42. The Bertz CT molecular complexity index is 888. The maximum atomic E-state index is 12.1. The van der Waals surface area contributed by atoms with Crippen LogP contribution >= 0.6 is 15.9 Å². The lowest BCUT2D eigenvalue weighted by molar-refractivity contribution is 0.0437. The molecule has 0 aliphatic heterocycles. The van der Waals surface area contributed by atoms with Gasteiger partial charge in [0.1, 0.15) is 12.4 Å². The molecule has 2 rings (SSSR count). The van der Waals surface area contributed by atoms with Crippen molar-refractivity contribution in [2.24, 2.45) is 5.14 Å². The largest absolute Gasteiger partial charge is 0.463 e. The summed E-state index contributed by atoms with van der Waals surface area (Å²) < 4.78 is 37.7. The zero-order valence-corrected chi connectivity index (χ0v) is 14.7. The number of ether oxygens (including phenoxy) is 2. The monoisotopic (exact) mass is 417 g/mol. The molecule has 2 aromatic rings. The Hall–Kier alpha value is -2.17. The van der Waals surface area contributed by atoms with Crippen LogP contribution in [-0.2, 0) is 26.1 Å². The average molecular weight is 418 g/mol. The van der Waals surface area contributed by atoms with Crippen LogP contribution in [0.3, 0.4) is 0 Å². The fraction of sp³-hybridized carbons (Fsp3) is 0.143. The summed E-state index contributed by atoms with van der Waals surface area (Å²) in [6, 6.07) is 6.57. The van der Waals surface area contributed by atoms with Crippen LogP contribution in [0.15, 0.2) is 44.1 Å². The van der Waals surface area contributed by atoms with Gasteiger partial charge in [0.05, 0.1) is 17.6 Å². The molecule has 8 nitrogen and oxygen atoms in total. The minimum atomic E-state index is -3.95. The lowest BCUT2D eigenvalue weighted by atomic mass is 10.2. The smallest absolute Gasteiger partial charge is 0.373 e. The second-order valence-corrected chi connectivity index (χ2v) is 6.94. The summed E-state index contributed by atoms with van der Waals surface area (Å²) in [6.07, 6.45) is 0. The van der Waals surface area contributed by atoms with Crippen LogP contribution in [-0.4, -0.2) is 27.5 Å². The number of primary sulfonamides is 1. The standard InChI is InChI=1S/C14H12BrNO7S/c1-21-14(18)12-5-2-8(23-12)7-22-13(17)10-6-9(24(16,19)20)3-4-11(10)15/h2-6H,7H2,1H3,(H2,16,19,20). The second-order valence-electron chi connectivity index (χ2n) is 4.52. The van der Waals surface area contributed by atoms with Gasteiger partial charge in [0.2, 0.25) is 15.8 Å². The van der Waals surface area contributed by atoms with E-state index >= 15 is 0 Å². The molecule has 0 bridgehead atoms. The number of hydrogen-bond acceptors (Lipinski definition) is 7. The van der Waals surface area contributed by atoms with Crippen LogP contribution in [0.2, 0.25) is 0 Å². The van der Waals surface area contributed by atoms with E-state index in [0.717, 1.165) is 6.07 Å². The Morgan fingerprint density at radius 2 is 1.92 bits per heavy atom. The lowest BCUT2D eigenvalue weighted by Crippen LogP contribution is -2.14. The molecule has 0 aliphatic carbocycles. The number of sulfonamides is 1. The molecule has 0 spiro atoms. The summed E-state index contributed by atoms with van der Waals surface area (Å²) in [5, 5.41) is 5.03. The lowest BCUT2D eigenvalue weighted by Gasteiger charge is -2.07. The van der Waals surface area contributed by atoms with Crippen LogP contribution in [0, 0.1) is 0 Å². The number of halogens is 1. The maximum Gasteiger partial charge on any atom is 0.373 e. The van der Waals surface area contributed by atoms with Crippen LogP contribution in [0.5, 0.6) is 0 Å². The van der Waals surface area contributed by atoms with E-state index in [9.17, 15) is 18.0 Å². The quantitative estimate of drug-likeness (QED) is 0.735. The SMILES string of the molecule is COC(=O)c1ccc(COC(=O)c2cc(S(N)(=O)=O)ccc2Br)o1. The van der Waals surface area contributed by atoms with E-state index in [-0.39, 0.29) is 28.6 Å². The number of methoxy groups -OCH3 is 1. The number of carbonyl (C=O) groups excluding carboxylic acids is 2. The predicted molar refractivity (Wildman–Crippen MR) is 84.7 cm³/mol. The minimum absolute atomic E-state index is 0.0127. The van der Waals surface area contributed by atoms with E-state index in [1.807, 2.05) is 0 Å². The van der Waals surface area contributed by atoms with Gasteiger partial charge in [-0.05, 0) is 46.3 Å². The van der Waals surface area contributed by atoms with Gasteiger partial charge in [0.25, 0.3) is 0 Å². The van der Waals surface area contributed by atoms with Crippen molar-refractivity contribution in [2.45, 2.75) is 11.5 Å². The molecule has 0 saturated carbocycles. The van der Waals surface area contributed by atoms with Gasteiger partial charge < -0.3 is 13.9 Å². The van der Waals surface area contributed by atoms with Gasteiger partial charge in [-0.1, -0.05) is 0 Å². The normalized spacial score (nSPS) is 11.1. The number of rotatable bonds is 5.